The molecule has 86 valence electrons. The van der Waals surface area contributed by atoms with Crippen molar-refractivity contribution in [3.05, 3.63) is 66.7 Å². The molecule has 2 aromatic carbocycles. The summed E-state index contributed by atoms with van der Waals surface area (Å²) in [7, 11) is 0. The van der Waals surface area contributed by atoms with Gasteiger partial charge in [0.2, 0.25) is 0 Å². The number of allylic oxidation sites excluding steroid dienone is 1. The molecular formula is C16H17N. The number of anilines is 1. The first-order valence-corrected chi connectivity index (χ1v) is 5.91. The molecule has 0 unspecified atom stereocenters. The Balaban J connectivity index is 2.28. The monoisotopic (exact) mass is 223 g/mol. The lowest BCUT2D eigenvalue weighted by Crippen LogP contribution is -1.99. The van der Waals surface area contributed by atoms with Gasteiger partial charge in [-0.2, -0.15) is 0 Å². The average molecular weight is 223 g/mol. The van der Waals surface area contributed by atoms with E-state index < -0.39 is 0 Å². The Kier molecular flexibility index (Phi) is 3.98. The molecule has 17 heavy (non-hydrogen) atoms. The molecule has 1 nitrogen and oxygen atoms in total. The van der Waals surface area contributed by atoms with Crippen LogP contribution in [0, 0.1) is 0 Å². The third-order valence-electron chi connectivity index (χ3n) is 2.66. The average Bonchev–Trinajstić information content (AvgIpc) is 2.41. The van der Waals surface area contributed by atoms with E-state index in [0.717, 1.165) is 6.54 Å². The third-order valence-corrected chi connectivity index (χ3v) is 2.66. The zero-order chi connectivity index (χ0) is 11.9. The smallest absolute Gasteiger partial charge is 0.0422 e. The van der Waals surface area contributed by atoms with E-state index in [1.807, 2.05) is 13.0 Å². The minimum Gasteiger partial charge on any atom is -0.381 e. The van der Waals surface area contributed by atoms with Gasteiger partial charge in [-0.05, 0) is 18.6 Å². The van der Waals surface area contributed by atoms with Crippen LogP contribution in [0.1, 0.15) is 6.92 Å². The molecule has 0 heterocycles. The number of nitrogens with one attached hydrogen (secondary N) is 1. The summed E-state index contributed by atoms with van der Waals surface area (Å²) in [5, 5.41) is 3.43. The first-order chi connectivity index (χ1) is 8.42. The summed E-state index contributed by atoms with van der Waals surface area (Å²) in [5.41, 5.74) is 3.67. The molecule has 0 bridgehead atoms. The van der Waals surface area contributed by atoms with Crippen molar-refractivity contribution in [1.29, 1.82) is 0 Å². The minimum absolute atomic E-state index is 0.861. The van der Waals surface area contributed by atoms with Crippen LogP contribution >= 0.6 is 0 Å². The van der Waals surface area contributed by atoms with E-state index in [1.165, 1.54) is 16.8 Å². The number of hydrogen-bond acceptors (Lipinski definition) is 1. The maximum absolute atomic E-state index is 3.43. The number of benzene rings is 2. The van der Waals surface area contributed by atoms with Crippen LogP contribution in [0.3, 0.4) is 0 Å². The normalized spacial score (nSPS) is 10.6. The van der Waals surface area contributed by atoms with Crippen LogP contribution < -0.4 is 5.32 Å². The van der Waals surface area contributed by atoms with Crippen molar-refractivity contribution >= 4 is 5.69 Å². The first-order valence-electron chi connectivity index (χ1n) is 5.91. The SMILES string of the molecule is C/C=C/CNc1ccccc1-c1ccccc1. The van der Waals surface area contributed by atoms with E-state index in [-0.39, 0.29) is 0 Å². The van der Waals surface area contributed by atoms with Crippen molar-refractivity contribution in [2.24, 2.45) is 0 Å². The van der Waals surface area contributed by atoms with Crippen LogP contribution in [0.25, 0.3) is 11.1 Å². The highest BCUT2D eigenvalue weighted by atomic mass is 14.9. The Bertz CT molecular complexity index is 486. The summed E-state index contributed by atoms with van der Waals surface area (Å²) in [6.07, 6.45) is 4.17. The predicted octanol–water partition coefficient (Wildman–Crippen LogP) is 4.34. The molecule has 0 aliphatic carbocycles. The molecule has 0 aliphatic rings. The Morgan fingerprint density at radius 3 is 2.41 bits per heavy atom. The lowest BCUT2D eigenvalue weighted by Gasteiger charge is -2.10. The summed E-state index contributed by atoms with van der Waals surface area (Å²) in [6.45, 7) is 2.89. The van der Waals surface area contributed by atoms with Gasteiger partial charge in [0.1, 0.15) is 0 Å². The van der Waals surface area contributed by atoms with Gasteiger partial charge in [0.15, 0.2) is 0 Å². The van der Waals surface area contributed by atoms with Crippen molar-refractivity contribution < 1.29 is 0 Å². The highest BCUT2D eigenvalue weighted by Gasteiger charge is 2.01. The second-order valence-corrected chi connectivity index (χ2v) is 3.86. The highest BCUT2D eigenvalue weighted by Crippen LogP contribution is 2.27. The summed E-state index contributed by atoms with van der Waals surface area (Å²) in [5.74, 6) is 0. The molecule has 0 amide bonds. The molecule has 1 heteroatoms. The van der Waals surface area contributed by atoms with Gasteiger partial charge < -0.3 is 5.32 Å². The topological polar surface area (TPSA) is 12.0 Å². The van der Waals surface area contributed by atoms with Crippen molar-refractivity contribution in [2.45, 2.75) is 6.92 Å². The molecule has 0 radical (unpaired) electrons. The van der Waals surface area contributed by atoms with Crippen molar-refractivity contribution in [2.75, 3.05) is 11.9 Å². The Labute approximate surface area is 103 Å². The van der Waals surface area contributed by atoms with Crippen LogP contribution in [0.15, 0.2) is 66.7 Å². The summed E-state index contributed by atoms with van der Waals surface area (Å²) in [6, 6.07) is 18.8. The Hall–Kier alpha value is -2.02. The van der Waals surface area contributed by atoms with Crippen LogP contribution in [-0.2, 0) is 0 Å². The van der Waals surface area contributed by atoms with Crippen molar-refractivity contribution in [3.8, 4) is 11.1 Å². The van der Waals surface area contributed by atoms with Gasteiger partial charge in [-0.15, -0.1) is 0 Å². The molecule has 1 N–H and O–H groups in total. The van der Waals surface area contributed by atoms with Crippen LogP contribution in [-0.4, -0.2) is 6.54 Å². The second-order valence-electron chi connectivity index (χ2n) is 3.86. The van der Waals surface area contributed by atoms with Gasteiger partial charge in [0, 0.05) is 17.8 Å². The van der Waals surface area contributed by atoms with Gasteiger partial charge >= 0.3 is 0 Å². The van der Waals surface area contributed by atoms with Gasteiger partial charge in [-0.3, -0.25) is 0 Å². The summed E-state index contributed by atoms with van der Waals surface area (Å²) in [4.78, 5) is 0. The molecule has 0 saturated heterocycles. The second kappa shape index (κ2) is 5.90. The van der Waals surface area contributed by atoms with Crippen LogP contribution in [0.2, 0.25) is 0 Å². The third kappa shape index (κ3) is 2.97. The lowest BCUT2D eigenvalue weighted by molar-refractivity contribution is 1.33. The molecule has 0 aromatic heterocycles. The van der Waals surface area contributed by atoms with Gasteiger partial charge in [-0.1, -0.05) is 60.7 Å². The number of para-hydroxylation sites is 1. The maximum atomic E-state index is 3.43. The molecule has 2 rings (SSSR count). The molecule has 0 fully saturated rings. The Morgan fingerprint density at radius 1 is 0.941 bits per heavy atom. The van der Waals surface area contributed by atoms with Crippen molar-refractivity contribution in [1.82, 2.24) is 0 Å². The fraction of sp³-hybridized carbons (Fsp3) is 0.125. The molecule has 2 aromatic rings. The minimum atomic E-state index is 0.861. The molecule has 0 spiro atoms. The van der Waals surface area contributed by atoms with Gasteiger partial charge in [-0.25, -0.2) is 0 Å². The molecular weight excluding hydrogens is 206 g/mol. The maximum Gasteiger partial charge on any atom is 0.0422 e. The zero-order valence-electron chi connectivity index (χ0n) is 10.1. The van der Waals surface area contributed by atoms with E-state index in [4.69, 9.17) is 0 Å². The first kappa shape index (κ1) is 11.5. The van der Waals surface area contributed by atoms with Crippen molar-refractivity contribution in [3.63, 3.8) is 0 Å². The fourth-order valence-corrected chi connectivity index (χ4v) is 1.79. The predicted molar refractivity (Wildman–Crippen MR) is 75.2 cm³/mol. The molecule has 0 atom stereocenters. The summed E-state index contributed by atoms with van der Waals surface area (Å²) < 4.78 is 0. The Morgan fingerprint density at radius 2 is 1.65 bits per heavy atom. The highest BCUT2D eigenvalue weighted by molar-refractivity contribution is 5.77. The lowest BCUT2D eigenvalue weighted by atomic mass is 10.0. The largest absolute Gasteiger partial charge is 0.381 e. The zero-order valence-corrected chi connectivity index (χ0v) is 10.1. The molecule has 0 aliphatic heterocycles. The van der Waals surface area contributed by atoms with E-state index in [0.29, 0.717) is 0 Å². The van der Waals surface area contributed by atoms with Crippen LogP contribution in [0.5, 0.6) is 0 Å². The number of hydrogen-bond donors (Lipinski definition) is 1. The standard InChI is InChI=1S/C16H17N/c1-2-3-13-17-16-12-8-7-11-15(16)14-9-5-4-6-10-14/h2-12,17H,13H2,1H3/b3-2+. The quantitative estimate of drug-likeness (QED) is 0.760. The van der Waals surface area contributed by atoms with E-state index in [9.17, 15) is 0 Å². The van der Waals surface area contributed by atoms with E-state index in [2.05, 4.69) is 66.0 Å². The molecule has 0 saturated carbocycles. The van der Waals surface area contributed by atoms with Crippen LogP contribution in [0.4, 0.5) is 5.69 Å². The summed E-state index contributed by atoms with van der Waals surface area (Å²) >= 11 is 0. The fourth-order valence-electron chi connectivity index (χ4n) is 1.79. The van der Waals surface area contributed by atoms with E-state index in [1.54, 1.807) is 0 Å². The number of rotatable bonds is 4. The van der Waals surface area contributed by atoms with Gasteiger partial charge in [0.05, 0.1) is 0 Å². The van der Waals surface area contributed by atoms with E-state index >= 15 is 0 Å². The van der Waals surface area contributed by atoms with Gasteiger partial charge in [0.25, 0.3) is 0 Å².